The van der Waals surface area contributed by atoms with Gasteiger partial charge in [-0.1, -0.05) is 25.0 Å². The summed E-state index contributed by atoms with van der Waals surface area (Å²) in [5.41, 5.74) is 1.11. The number of nitrogens with zero attached hydrogens (tertiary/aromatic N) is 1. The zero-order chi connectivity index (χ0) is 16.4. The second kappa shape index (κ2) is 6.71. The number of aryl methyl sites for hydroxylation is 1. The Morgan fingerprint density at radius 3 is 2.65 bits per heavy atom. The molecule has 6 heteroatoms. The van der Waals surface area contributed by atoms with Gasteiger partial charge >= 0.3 is 0 Å². The van der Waals surface area contributed by atoms with Crippen molar-refractivity contribution >= 4 is 21.4 Å². The molecule has 2 aromatic rings. The summed E-state index contributed by atoms with van der Waals surface area (Å²) in [6.45, 7) is 2.45. The number of sulfonamides is 1. The first kappa shape index (κ1) is 16.6. The predicted molar refractivity (Wildman–Crippen MR) is 90.6 cm³/mol. The van der Waals surface area contributed by atoms with Crippen LogP contribution in [0.25, 0.3) is 0 Å². The summed E-state index contributed by atoms with van der Waals surface area (Å²) in [4.78, 5) is 0.855. The molecule has 1 aromatic carbocycles. The lowest BCUT2D eigenvalue weighted by Crippen LogP contribution is -2.35. The van der Waals surface area contributed by atoms with Crippen LogP contribution in [0.15, 0.2) is 40.6 Å². The van der Waals surface area contributed by atoms with E-state index in [0.717, 1.165) is 36.1 Å². The first-order valence-electron chi connectivity index (χ1n) is 7.82. The minimum absolute atomic E-state index is 0.192. The molecular formula is C17H20FNO2S2. The van der Waals surface area contributed by atoms with Crippen LogP contribution in [0.4, 0.5) is 4.39 Å². The van der Waals surface area contributed by atoms with E-state index in [1.165, 1.54) is 22.5 Å². The average molecular weight is 353 g/mol. The van der Waals surface area contributed by atoms with Gasteiger partial charge in [0.15, 0.2) is 0 Å². The molecule has 2 heterocycles. The van der Waals surface area contributed by atoms with Crippen LogP contribution in [0.5, 0.6) is 0 Å². The summed E-state index contributed by atoms with van der Waals surface area (Å²) < 4.78 is 41.7. The van der Waals surface area contributed by atoms with E-state index in [1.807, 2.05) is 18.4 Å². The van der Waals surface area contributed by atoms with Gasteiger partial charge in [-0.05, 0) is 48.9 Å². The summed E-state index contributed by atoms with van der Waals surface area (Å²) in [5, 5.41) is 1.99. The van der Waals surface area contributed by atoms with E-state index in [4.69, 9.17) is 0 Å². The van der Waals surface area contributed by atoms with Crippen LogP contribution in [0.3, 0.4) is 0 Å². The Morgan fingerprint density at radius 1 is 1.17 bits per heavy atom. The first-order chi connectivity index (χ1) is 11.0. The molecule has 3 nitrogen and oxygen atoms in total. The molecule has 1 aliphatic heterocycles. The fraction of sp³-hybridized carbons (Fsp3) is 0.412. The topological polar surface area (TPSA) is 37.4 Å². The lowest BCUT2D eigenvalue weighted by atomic mass is 10.1. The SMILES string of the molecule is Cc1ccsc1[C@@H]1CCCCCN1S(=O)(=O)c1ccccc1F. The fourth-order valence-corrected chi connectivity index (χ4v) is 6.01. The zero-order valence-corrected chi connectivity index (χ0v) is 14.7. The summed E-state index contributed by atoms with van der Waals surface area (Å²) in [5.74, 6) is -0.682. The van der Waals surface area contributed by atoms with Gasteiger partial charge in [0.25, 0.3) is 0 Å². The molecular weight excluding hydrogens is 333 g/mol. The zero-order valence-electron chi connectivity index (χ0n) is 13.0. The smallest absolute Gasteiger partial charge is 0.207 e. The largest absolute Gasteiger partial charge is 0.246 e. The van der Waals surface area contributed by atoms with Gasteiger partial charge in [0.05, 0.1) is 6.04 Å². The fourth-order valence-electron chi connectivity index (χ4n) is 3.14. The third-order valence-corrected chi connectivity index (χ3v) is 7.39. The standard InChI is InChI=1S/C17H20FNO2S2/c1-13-10-12-22-17(13)15-8-3-2-6-11-19(15)23(20,21)16-9-5-4-7-14(16)18/h4-5,7,9-10,12,15H,2-3,6,8,11H2,1H3/t15-/m0/s1. The number of halogens is 1. The number of thiophene rings is 1. The Hall–Kier alpha value is -1.24. The van der Waals surface area contributed by atoms with Crippen molar-refractivity contribution in [3.05, 3.63) is 52.0 Å². The molecule has 0 spiro atoms. The van der Waals surface area contributed by atoms with Gasteiger partial charge in [0.1, 0.15) is 10.7 Å². The highest BCUT2D eigenvalue weighted by Gasteiger charge is 2.35. The van der Waals surface area contributed by atoms with Crippen LogP contribution in [-0.4, -0.2) is 19.3 Å². The van der Waals surface area contributed by atoms with Gasteiger partial charge in [0.2, 0.25) is 10.0 Å². The number of benzene rings is 1. The first-order valence-corrected chi connectivity index (χ1v) is 10.1. The van der Waals surface area contributed by atoms with Crippen molar-refractivity contribution in [1.29, 1.82) is 0 Å². The van der Waals surface area contributed by atoms with Gasteiger partial charge in [-0.3, -0.25) is 0 Å². The molecule has 0 aliphatic carbocycles. The van der Waals surface area contributed by atoms with Crippen LogP contribution < -0.4 is 0 Å². The molecule has 1 atom stereocenters. The molecule has 0 bridgehead atoms. The maximum Gasteiger partial charge on any atom is 0.246 e. The lowest BCUT2D eigenvalue weighted by molar-refractivity contribution is 0.330. The molecule has 1 aromatic heterocycles. The van der Waals surface area contributed by atoms with Crippen molar-refractivity contribution in [3.8, 4) is 0 Å². The lowest BCUT2D eigenvalue weighted by Gasteiger charge is -2.29. The van der Waals surface area contributed by atoms with Crippen LogP contribution in [0.2, 0.25) is 0 Å². The molecule has 1 fully saturated rings. The van der Waals surface area contributed by atoms with E-state index >= 15 is 0 Å². The Kier molecular flexibility index (Phi) is 4.85. The third-order valence-electron chi connectivity index (χ3n) is 4.33. The summed E-state index contributed by atoms with van der Waals surface area (Å²) >= 11 is 1.58. The summed E-state index contributed by atoms with van der Waals surface area (Å²) in [7, 11) is -3.84. The molecule has 124 valence electrons. The summed E-state index contributed by atoms with van der Waals surface area (Å²) in [6.07, 6.45) is 3.60. The van der Waals surface area contributed by atoms with Gasteiger partial charge in [0, 0.05) is 11.4 Å². The minimum atomic E-state index is -3.84. The molecule has 0 saturated carbocycles. The molecule has 0 radical (unpaired) electrons. The molecule has 0 amide bonds. The van der Waals surface area contributed by atoms with Crippen LogP contribution in [0, 0.1) is 12.7 Å². The second-order valence-corrected chi connectivity index (χ2v) is 8.69. The van der Waals surface area contributed by atoms with E-state index in [9.17, 15) is 12.8 Å². The minimum Gasteiger partial charge on any atom is -0.207 e. The van der Waals surface area contributed by atoms with Crippen molar-refractivity contribution < 1.29 is 12.8 Å². The number of rotatable bonds is 3. The predicted octanol–water partition coefficient (Wildman–Crippen LogP) is 4.50. The van der Waals surface area contributed by atoms with Gasteiger partial charge in [-0.25, -0.2) is 12.8 Å². The normalized spacial score (nSPS) is 20.3. The average Bonchev–Trinajstić information content (AvgIpc) is 2.80. The van der Waals surface area contributed by atoms with Crippen molar-refractivity contribution in [2.24, 2.45) is 0 Å². The monoisotopic (exact) mass is 353 g/mol. The molecule has 1 aliphatic rings. The highest BCUT2D eigenvalue weighted by molar-refractivity contribution is 7.89. The van der Waals surface area contributed by atoms with E-state index < -0.39 is 15.8 Å². The van der Waals surface area contributed by atoms with Crippen LogP contribution in [0.1, 0.15) is 42.2 Å². The molecule has 0 N–H and O–H groups in total. The molecule has 0 unspecified atom stereocenters. The van der Waals surface area contributed by atoms with Gasteiger partial charge in [-0.2, -0.15) is 4.31 Å². The number of hydrogen-bond acceptors (Lipinski definition) is 3. The second-order valence-electron chi connectivity index (χ2n) is 5.88. The Morgan fingerprint density at radius 2 is 1.96 bits per heavy atom. The highest BCUT2D eigenvalue weighted by atomic mass is 32.2. The Bertz CT molecular complexity index is 785. The maximum atomic E-state index is 14.1. The Balaban J connectivity index is 2.06. The van der Waals surface area contributed by atoms with Crippen molar-refractivity contribution in [2.45, 2.75) is 43.5 Å². The van der Waals surface area contributed by atoms with Crippen molar-refractivity contribution in [2.75, 3.05) is 6.54 Å². The number of hydrogen-bond donors (Lipinski definition) is 0. The van der Waals surface area contributed by atoms with E-state index in [2.05, 4.69) is 0 Å². The molecule has 1 saturated heterocycles. The van der Waals surface area contributed by atoms with Crippen LogP contribution >= 0.6 is 11.3 Å². The van der Waals surface area contributed by atoms with Crippen LogP contribution in [-0.2, 0) is 10.0 Å². The van der Waals surface area contributed by atoms with Gasteiger partial charge < -0.3 is 0 Å². The van der Waals surface area contributed by atoms with E-state index in [1.54, 1.807) is 17.4 Å². The molecule has 3 rings (SSSR count). The van der Waals surface area contributed by atoms with Gasteiger partial charge in [-0.15, -0.1) is 11.3 Å². The summed E-state index contributed by atoms with van der Waals surface area (Å²) in [6, 6.07) is 7.46. The third kappa shape index (κ3) is 3.20. The van der Waals surface area contributed by atoms with Crippen molar-refractivity contribution in [3.63, 3.8) is 0 Å². The van der Waals surface area contributed by atoms with E-state index in [-0.39, 0.29) is 10.9 Å². The quantitative estimate of drug-likeness (QED) is 0.814. The maximum absolute atomic E-state index is 14.1. The molecule has 23 heavy (non-hydrogen) atoms. The highest BCUT2D eigenvalue weighted by Crippen LogP contribution is 2.38. The van der Waals surface area contributed by atoms with E-state index in [0.29, 0.717) is 6.54 Å². The Labute approximate surface area is 140 Å². The van der Waals surface area contributed by atoms with Crippen molar-refractivity contribution in [1.82, 2.24) is 4.31 Å².